The zero-order valence-electron chi connectivity index (χ0n) is 17.3. The molecule has 0 aliphatic heterocycles. The molecule has 0 heterocycles. The molecular formula is C23H29Cl2NO4. The minimum Gasteiger partial charge on any atom is -0.492 e. The number of methoxy groups -OCH3 is 1. The van der Waals surface area contributed by atoms with Crippen molar-refractivity contribution in [3.05, 3.63) is 28.2 Å². The van der Waals surface area contributed by atoms with Crippen LogP contribution < -0.4 is 10.1 Å². The number of halogens is 2. The Hall–Kier alpha value is -1.46. The van der Waals surface area contributed by atoms with E-state index in [1.807, 2.05) is 0 Å². The van der Waals surface area contributed by atoms with Gasteiger partial charge in [-0.2, -0.15) is 0 Å². The molecule has 7 heteroatoms. The fourth-order valence-electron chi connectivity index (χ4n) is 6.10. The smallest absolute Gasteiger partial charge is 0.311 e. The van der Waals surface area contributed by atoms with E-state index in [1.54, 1.807) is 18.2 Å². The van der Waals surface area contributed by atoms with Crippen LogP contribution in [0.15, 0.2) is 18.2 Å². The van der Waals surface area contributed by atoms with Gasteiger partial charge in [-0.15, -0.1) is 0 Å². The van der Waals surface area contributed by atoms with Gasteiger partial charge in [0, 0.05) is 17.5 Å². The summed E-state index contributed by atoms with van der Waals surface area (Å²) in [6, 6.07) is 5.26. The Balaban J connectivity index is 1.28. The standard InChI is InChI=1S/C23H29Cl2NO4/c1-29-22(28)23-11-14-4-6-19(17(13-23)15(9-14)12-23)26-21(27)3-2-8-30-20-7-5-16(24)10-18(20)25/h5,7,10,14-15,17,19H,2-4,6,8-9,11-13H2,1H3,(H,26,27). The Bertz CT molecular complexity index is 816. The molecular weight excluding hydrogens is 425 g/mol. The minimum absolute atomic E-state index is 0.0512. The lowest BCUT2D eigenvalue weighted by molar-refractivity contribution is -0.155. The van der Waals surface area contributed by atoms with Crippen LogP contribution in [0.4, 0.5) is 0 Å². The van der Waals surface area contributed by atoms with Gasteiger partial charge in [-0.05, 0) is 80.9 Å². The number of hydrogen-bond acceptors (Lipinski definition) is 4. The molecule has 1 aromatic carbocycles. The summed E-state index contributed by atoms with van der Waals surface area (Å²) in [6.45, 7) is 0.416. The average molecular weight is 454 g/mol. The molecule has 164 valence electrons. The third-order valence-electron chi connectivity index (χ3n) is 7.27. The van der Waals surface area contributed by atoms with Gasteiger partial charge in [-0.25, -0.2) is 0 Å². The van der Waals surface area contributed by atoms with Gasteiger partial charge >= 0.3 is 5.97 Å². The normalized spacial score (nSPS) is 31.8. The summed E-state index contributed by atoms with van der Waals surface area (Å²) < 4.78 is 10.8. The summed E-state index contributed by atoms with van der Waals surface area (Å²) in [6.07, 6.45) is 7.02. The van der Waals surface area contributed by atoms with Crippen molar-refractivity contribution in [3.8, 4) is 5.75 Å². The van der Waals surface area contributed by atoms with Crippen molar-refractivity contribution in [2.24, 2.45) is 23.2 Å². The molecule has 4 rings (SSSR count). The van der Waals surface area contributed by atoms with E-state index < -0.39 is 0 Å². The van der Waals surface area contributed by atoms with Gasteiger partial charge in [0.2, 0.25) is 5.91 Å². The molecule has 3 bridgehead atoms. The van der Waals surface area contributed by atoms with Crippen molar-refractivity contribution in [3.63, 3.8) is 0 Å². The van der Waals surface area contributed by atoms with Gasteiger partial charge in [-0.3, -0.25) is 9.59 Å². The third-order valence-corrected chi connectivity index (χ3v) is 7.80. The maximum Gasteiger partial charge on any atom is 0.311 e. The molecule has 3 aliphatic carbocycles. The average Bonchev–Trinajstić information content (AvgIpc) is 2.93. The molecule has 1 amide bonds. The predicted molar refractivity (Wildman–Crippen MR) is 116 cm³/mol. The van der Waals surface area contributed by atoms with E-state index >= 15 is 0 Å². The Morgan fingerprint density at radius 3 is 2.80 bits per heavy atom. The summed E-state index contributed by atoms with van der Waals surface area (Å²) in [5.74, 6) is 2.05. The lowest BCUT2D eigenvalue weighted by atomic mass is 9.69. The van der Waals surface area contributed by atoms with Crippen LogP contribution in [0.5, 0.6) is 5.75 Å². The Labute approximate surface area is 187 Å². The molecule has 1 N–H and O–H groups in total. The summed E-state index contributed by atoms with van der Waals surface area (Å²) >= 11 is 12.0. The monoisotopic (exact) mass is 453 g/mol. The Morgan fingerprint density at radius 1 is 1.20 bits per heavy atom. The van der Waals surface area contributed by atoms with Gasteiger partial charge in [0.1, 0.15) is 5.75 Å². The van der Waals surface area contributed by atoms with Crippen molar-refractivity contribution >= 4 is 35.1 Å². The second-order valence-electron chi connectivity index (χ2n) is 9.19. The van der Waals surface area contributed by atoms with Crippen molar-refractivity contribution in [2.75, 3.05) is 13.7 Å². The number of benzene rings is 1. The highest BCUT2D eigenvalue weighted by molar-refractivity contribution is 6.35. The first-order valence-corrected chi connectivity index (χ1v) is 11.6. The van der Waals surface area contributed by atoms with Crippen LogP contribution in [0.2, 0.25) is 10.0 Å². The number of ether oxygens (including phenoxy) is 2. The summed E-state index contributed by atoms with van der Waals surface area (Å²) in [5.41, 5.74) is -0.317. The van der Waals surface area contributed by atoms with Crippen LogP contribution in [-0.2, 0) is 14.3 Å². The largest absolute Gasteiger partial charge is 0.492 e. The van der Waals surface area contributed by atoms with Gasteiger partial charge < -0.3 is 14.8 Å². The van der Waals surface area contributed by atoms with Gasteiger partial charge in [-0.1, -0.05) is 23.2 Å². The topological polar surface area (TPSA) is 64.6 Å². The first-order valence-electron chi connectivity index (χ1n) is 10.9. The molecule has 0 radical (unpaired) electrons. The number of rotatable bonds is 7. The molecule has 0 saturated heterocycles. The summed E-state index contributed by atoms with van der Waals surface area (Å²) in [5, 5.41) is 4.30. The van der Waals surface area contributed by atoms with E-state index in [1.165, 1.54) is 13.5 Å². The Morgan fingerprint density at radius 2 is 2.03 bits per heavy atom. The van der Waals surface area contributed by atoms with Crippen LogP contribution in [0.3, 0.4) is 0 Å². The van der Waals surface area contributed by atoms with E-state index in [4.69, 9.17) is 32.7 Å². The van der Waals surface area contributed by atoms with Crippen molar-refractivity contribution in [2.45, 2.75) is 57.4 Å². The second kappa shape index (κ2) is 8.96. The SMILES string of the molecule is COC(=O)C12CC3CCC(NC(=O)CCCOc4ccc(Cl)cc4Cl)C(C1)C(C3)C2. The van der Waals surface area contributed by atoms with Crippen molar-refractivity contribution in [1.82, 2.24) is 5.32 Å². The third kappa shape index (κ3) is 4.43. The maximum atomic E-state index is 12.6. The number of esters is 1. The van der Waals surface area contributed by atoms with E-state index in [0.717, 1.165) is 32.1 Å². The molecule has 5 atom stereocenters. The lowest BCUT2D eigenvalue weighted by Crippen LogP contribution is -2.42. The fraction of sp³-hybridized carbons (Fsp3) is 0.652. The van der Waals surface area contributed by atoms with Gasteiger partial charge in [0.05, 0.1) is 24.2 Å². The molecule has 0 spiro atoms. The van der Waals surface area contributed by atoms with Gasteiger partial charge in [0.25, 0.3) is 0 Å². The zero-order chi connectivity index (χ0) is 21.3. The molecule has 1 aromatic rings. The highest BCUT2D eigenvalue weighted by Crippen LogP contribution is 2.60. The zero-order valence-corrected chi connectivity index (χ0v) is 18.8. The fourth-order valence-corrected chi connectivity index (χ4v) is 6.56. The highest BCUT2D eigenvalue weighted by Gasteiger charge is 2.58. The van der Waals surface area contributed by atoms with Crippen molar-refractivity contribution in [1.29, 1.82) is 0 Å². The molecule has 5 nitrogen and oxygen atoms in total. The van der Waals surface area contributed by atoms with E-state index in [-0.39, 0.29) is 23.3 Å². The van der Waals surface area contributed by atoms with E-state index in [2.05, 4.69) is 5.32 Å². The molecule has 0 aromatic heterocycles. The van der Waals surface area contributed by atoms with Gasteiger partial charge in [0.15, 0.2) is 0 Å². The maximum absolute atomic E-state index is 12.6. The number of carbonyl (C=O) groups is 2. The molecule has 3 fully saturated rings. The number of amides is 1. The van der Waals surface area contributed by atoms with E-state index in [0.29, 0.717) is 53.0 Å². The first-order chi connectivity index (χ1) is 14.4. The number of fused-ring (bicyclic) bond motifs is 2. The summed E-state index contributed by atoms with van der Waals surface area (Å²) in [7, 11) is 1.49. The van der Waals surface area contributed by atoms with Crippen LogP contribution in [0, 0.1) is 23.2 Å². The Kier molecular flexibility index (Phi) is 6.50. The number of carbonyl (C=O) groups excluding carboxylic acids is 2. The van der Waals surface area contributed by atoms with E-state index in [9.17, 15) is 9.59 Å². The molecule has 3 saturated carbocycles. The second-order valence-corrected chi connectivity index (χ2v) is 10.0. The summed E-state index contributed by atoms with van der Waals surface area (Å²) in [4.78, 5) is 25.1. The molecule has 3 aliphatic rings. The molecule has 30 heavy (non-hydrogen) atoms. The first kappa shape index (κ1) is 21.8. The minimum atomic E-state index is -0.317. The number of hydrogen-bond donors (Lipinski definition) is 1. The molecule has 5 unspecified atom stereocenters. The number of nitrogens with one attached hydrogen (secondary N) is 1. The quantitative estimate of drug-likeness (QED) is 0.464. The predicted octanol–water partition coefficient (Wildman–Crippen LogP) is 5.03. The van der Waals surface area contributed by atoms with Crippen LogP contribution in [0.1, 0.15) is 51.4 Å². The van der Waals surface area contributed by atoms with Crippen LogP contribution in [-0.4, -0.2) is 31.6 Å². The highest BCUT2D eigenvalue weighted by atomic mass is 35.5. The van der Waals surface area contributed by atoms with Crippen LogP contribution >= 0.6 is 23.2 Å². The van der Waals surface area contributed by atoms with Crippen molar-refractivity contribution < 1.29 is 19.1 Å². The lowest BCUT2D eigenvalue weighted by Gasteiger charge is -2.35. The van der Waals surface area contributed by atoms with Crippen LogP contribution in [0.25, 0.3) is 0 Å².